The van der Waals surface area contributed by atoms with Crippen molar-refractivity contribution in [1.82, 2.24) is 8.61 Å². The summed E-state index contributed by atoms with van der Waals surface area (Å²) >= 11 is 0. The zero-order chi connectivity index (χ0) is 11.8. The van der Waals surface area contributed by atoms with Gasteiger partial charge in [-0.15, -0.1) is 0 Å². The molecule has 0 saturated carbocycles. The van der Waals surface area contributed by atoms with Gasteiger partial charge < -0.3 is 5.73 Å². The Balaban J connectivity index is 1.97. The van der Waals surface area contributed by atoms with Gasteiger partial charge in [0, 0.05) is 26.2 Å². The molecule has 16 heavy (non-hydrogen) atoms. The van der Waals surface area contributed by atoms with Crippen LogP contribution in [0, 0.1) is 11.8 Å². The summed E-state index contributed by atoms with van der Waals surface area (Å²) in [7, 11) is -3.19. The molecule has 0 aromatic carbocycles. The Bertz CT molecular complexity index is 338. The molecule has 1 atom stereocenters. The Labute approximate surface area is 97.8 Å². The van der Waals surface area contributed by atoms with Crippen LogP contribution in [0.25, 0.3) is 0 Å². The lowest BCUT2D eigenvalue weighted by Crippen LogP contribution is -2.58. The monoisotopic (exact) mass is 247 g/mol. The highest BCUT2D eigenvalue weighted by molar-refractivity contribution is 7.86. The van der Waals surface area contributed by atoms with Crippen molar-refractivity contribution < 1.29 is 8.42 Å². The third-order valence-corrected chi connectivity index (χ3v) is 5.46. The van der Waals surface area contributed by atoms with Gasteiger partial charge in [0.25, 0.3) is 10.2 Å². The lowest BCUT2D eigenvalue weighted by atomic mass is 10.0. The van der Waals surface area contributed by atoms with Crippen molar-refractivity contribution in [2.75, 3.05) is 32.7 Å². The van der Waals surface area contributed by atoms with E-state index in [0.29, 0.717) is 44.6 Å². The molecule has 1 unspecified atom stereocenters. The molecule has 0 aromatic rings. The van der Waals surface area contributed by atoms with E-state index in [-0.39, 0.29) is 0 Å². The molecule has 0 amide bonds. The van der Waals surface area contributed by atoms with Crippen LogP contribution in [0.15, 0.2) is 0 Å². The highest BCUT2D eigenvalue weighted by atomic mass is 32.2. The second kappa shape index (κ2) is 4.60. The van der Waals surface area contributed by atoms with Gasteiger partial charge in [-0.2, -0.15) is 17.0 Å². The molecule has 0 spiro atoms. The molecular weight excluding hydrogens is 226 g/mol. The number of hydrogen-bond donors (Lipinski definition) is 1. The minimum absolute atomic E-state index is 0.358. The molecule has 0 aromatic heterocycles. The van der Waals surface area contributed by atoms with Crippen LogP contribution in [0.3, 0.4) is 0 Å². The summed E-state index contributed by atoms with van der Waals surface area (Å²) in [5, 5.41) is 0. The molecule has 0 radical (unpaired) electrons. The fourth-order valence-corrected chi connectivity index (χ4v) is 4.31. The van der Waals surface area contributed by atoms with Gasteiger partial charge in [0.05, 0.1) is 0 Å². The first-order chi connectivity index (χ1) is 7.54. The topological polar surface area (TPSA) is 66.6 Å². The van der Waals surface area contributed by atoms with E-state index in [1.807, 2.05) is 0 Å². The molecule has 2 saturated heterocycles. The minimum atomic E-state index is -3.19. The lowest BCUT2D eigenvalue weighted by molar-refractivity contribution is 0.179. The Kier molecular flexibility index (Phi) is 3.53. The molecule has 2 aliphatic heterocycles. The molecule has 2 rings (SSSR count). The molecule has 2 N–H and O–H groups in total. The highest BCUT2D eigenvalue weighted by Gasteiger charge is 2.39. The van der Waals surface area contributed by atoms with Gasteiger partial charge in [-0.1, -0.05) is 6.92 Å². The van der Waals surface area contributed by atoms with Crippen LogP contribution in [0.1, 0.15) is 19.8 Å². The quantitative estimate of drug-likeness (QED) is 0.754. The zero-order valence-electron chi connectivity index (χ0n) is 9.80. The molecule has 5 nitrogen and oxygen atoms in total. The maximum Gasteiger partial charge on any atom is 0.282 e. The standard InChI is InChI=1S/C10H21N3O2S/c1-9-3-2-4-12(6-9)16(14,15)13-7-10(5-11)8-13/h9-10H,2-8,11H2,1H3. The van der Waals surface area contributed by atoms with Gasteiger partial charge in [0.1, 0.15) is 0 Å². The number of rotatable bonds is 3. The average Bonchev–Trinajstić information content (AvgIpc) is 2.15. The summed E-state index contributed by atoms with van der Waals surface area (Å²) in [6, 6.07) is 0. The highest BCUT2D eigenvalue weighted by Crippen LogP contribution is 2.25. The maximum atomic E-state index is 12.2. The largest absolute Gasteiger partial charge is 0.330 e. The summed E-state index contributed by atoms with van der Waals surface area (Å²) < 4.78 is 27.6. The Hall–Kier alpha value is -0.170. The maximum absolute atomic E-state index is 12.2. The second-order valence-corrected chi connectivity index (χ2v) is 6.96. The smallest absolute Gasteiger partial charge is 0.282 e. The van der Waals surface area contributed by atoms with Crippen molar-refractivity contribution in [3.63, 3.8) is 0 Å². The molecule has 94 valence electrons. The van der Waals surface area contributed by atoms with Gasteiger partial charge in [0.15, 0.2) is 0 Å². The van der Waals surface area contributed by atoms with Gasteiger partial charge in [-0.25, -0.2) is 0 Å². The summed E-state index contributed by atoms with van der Waals surface area (Å²) in [6.07, 6.45) is 2.12. The van der Waals surface area contributed by atoms with Crippen molar-refractivity contribution in [3.05, 3.63) is 0 Å². The Morgan fingerprint density at radius 3 is 2.50 bits per heavy atom. The Morgan fingerprint density at radius 1 is 1.25 bits per heavy atom. The first-order valence-electron chi connectivity index (χ1n) is 5.99. The van der Waals surface area contributed by atoms with Crippen LogP contribution in [-0.2, 0) is 10.2 Å². The number of hydrogen-bond acceptors (Lipinski definition) is 3. The molecule has 2 aliphatic rings. The van der Waals surface area contributed by atoms with E-state index in [9.17, 15) is 8.42 Å². The van der Waals surface area contributed by atoms with Crippen LogP contribution in [0.4, 0.5) is 0 Å². The fourth-order valence-electron chi connectivity index (χ4n) is 2.38. The predicted molar refractivity (Wildman–Crippen MR) is 63.0 cm³/mol. The molecule has 6 heteroatoms. The SMILES string of the molecule is CC1CCCN(S(=O)(=O)N2CC(CN)C2)C1. The molecule has 2 heterocycles. The first kappa shape index (κ1) is 12.3. The third-order valence-electron chi connectivity index (χ3n) is 3.53. The van der Waals surface area contributed by atoms with Crippen molar-refractivity contribution in [1.29, 1.82) is 0 Å². The van der Waals surface area contributed by atoms with E-state index in [0.717, 1.165) is 12.8 Å². The van der Waals surface area contributed by atoms with Gasteiger partial charge in [-0.05, 0) is 31.2 Å². The molecule has 0 bridgehead atoms. The second-order valence-electron chi connectivity index (χ2n) is 5.03. The van der Waals surface area contributed by atoms with E-state index in [1.165, 1.54) is 0 Å². The summed E-state index contributed by atoms with van der Waals surface area (Å²) in [4.78, 5) is 0. The number of nitrogens with zero attached hydrogens (tertiary/aromatic N) is 2. The van der Waals surface area contributed by atoms with Crippen molar-refractivity contribution in [2.45, 2.75) is 19.8 Å². The molecular formula is C10H21N3O2S. The summed E-state index contributed by atoms with van der Waals surface area (Å²) in [5.74, 6) is 0.840. The van der Waals surface area contributed by atoms with Crippen LogP contribution in [0.2, 0.25) is 0 Å². The average molecular weight is 247 g/mol. The first-order valence-corrected chi connectivity index (χ1v) is 7.39. The zero-order valence-corrected chi connectivity index (χ0v) is 10.6. The van der Waals surface area contributed by atoms with Crippen molar-refractivity contribution in [3.8, 4) is 0 Å². The van der Waals surface area contributed by atoms with E-state index in [1.54, 1.807) is 8.61 Å². The summed E-state index contributed by atoms with van der Waals surface area (Å²) in [6.45, 7) is 5.25. The van der Waals surface area contributed by atoms with Crippen LogP contribution in [-0.4, -0.2) is 49.8 Å². The van der Waals surface area contributed by atoms with Gasteiger partial charge in [-0.3, -0.25) is 0 Å². The minimum Gasteiger partial charge on any atom is -0.330 e. The molecule has 2 fully saturated rings. The number of piperidine rings is 1. The predicted octanol–water partition coefficient (Wildman–Crippen LogP) is -0.146. The lowest BCUT2D eigenvalue weighted by Gasteiger charge is -2.42. The van der Waals surface area contributed by atoms with Crippen molar-refractivity contribution in [2.24, 2.45) is 17.6 Å². The van der Waals surface area contributed by atoms with Crippen LogP contribution < -0.4 is 5.73 Å². The van der Waals surface area contributed by atoms with Gasteiger partial charge in [0.2, 0.25) is 0 Å². The third kappa shape index (κ3) is 2.25. The number of nitrogens with two attached hydrogens (primary N) is 1. The van der Waals surface area contributed by atoms with Gasteiger partial charge >= 0.3 is 0 Å². The summed E-state index contributed by atoms with van der Waals surface area (Å²) in [5.41, 5.74) is 5.50. The van der Waals surface area contributed by atoms with Crippen molar-refractivity contribution >= 4 is 10.2 Å². The van der Waals surface area contributed by atoms with E-state index >= 15 is 0 Å². The normalized spacial score (nSPS) is 30.2. The Morgan fingerprint density at radius 2 is 1.94 bits per heavy atom. The fraction of sp³-hybridized carbons (Fsp3) is 1.00. The van der Waals surface area contributed by atoms with E-state index in [4.69, 9.17) is 5.73 Å². The van der Waals surface area contributed by atoms with Crippen LogP contribution in [0.5, 0.6) is 0 Å². The van der Waals surface area contributed by atoms with E-state index in [2.05, 4.69) is 6.92 Å². The van der Waals surface area contributed by atoms with E-state index < -0.39 is 10.2 Å². The molecule has 0 aliphatic carbocycles. The van der Waals surface area contributed by atoms with Crippen LogP contribution >= 0.6 is 0 Å².